The third-order valence-electron chi connectivity index (χ3n) is 6.10. The van der Waals surface area contributed by atoms with E-state index in [-0.39, 0.29) is 17.7 Å². The van der Waals surface area contributed by atoms with E-state index in [9.17, 15) is 0 Å². The Bertz CT molecular complexity index is 1390. The molecule has 0 amide bonds. The van der Waals surface area contributed by atoms with Gasteiger partial charge in [0.25, 0.3) is 0 Å². The van der Waals surface area contributed by atoms with Crippen LogP contribution < -0.4 is 16.1 Å². The number of benzene rings is 3. The van der Waals surface area contributed by atoms with Crippen LogP contribution in [0, 0.1) is 12.3 Å². The fourth-order valence-corrected chi connectivity index (χ4v) is 4.22. The highest BCUT2D eigenvalue weighted by molar-refractivity contribution is 5.93. The van der Waals surface area contributed by atoms with Crippen LogP contribution in [0.5, 0.6) is 0 Å². The fraction of sp³-hybridized carbons (Fsp3) is 0.250. The predicted molar refractivity (Wildman–Crippen MR) is 144 cm³/mol. The molecule has 3 N–H and O–H groups in total. The highest BCUT2D eigenvalue weighted by Crippen LogP contribution is 2.40. The normalized spacial score (nSPS) is 17.1. The van der Waals surface area contributed by atoms with E-state index in [0.717, 1.165) is 44.9 Å². The number of aryl methyl sites for hydroxylation is 1. The summed E-state index contributed by atoms with van der Waals surface area (Å²) >= 11 is 0. The van der Waals surface area contributed by atoms with E-state index in [4.69, 9.17) is 14.7 Å². The molecule has 5 rings (SSSR count). The van der Waals surface area contributed by atoms with Crippen LogP contribution in [0.1, 0.15) is 26.3 Å². The van der Waals surface area contributed by atoms with E-state index in [1.165, 1.54) is 0 Å². The maximum absolute atomic E-state index is 5.91. The standard InChI is InChI=1S/C28H30N6O/c1-17-16-18(14-15-21(17)34-29-5)30-25-19-10-6-8-12-22(19)31-26(33-25)20-11-7-9-13-23(20)32-27-24(35-27)28(2,3)4/h6-16,24,27,32,34H,5H2,1-4H3,(H,30,31,33). The molecule has 2 atom stereocenters. The number of para-hydroxylation sites is 2. The van der Waals surface area contributed by atoms with Crippen molar-refractivity contribution >= 4 is 40.5 Å². The molecule has 0 spiro atoms. The van der Waals surface area contributed by atoms with Crippen molar-refractivity contribution in [2.75, 3.05) is 16.1 Å². The Morgan fingerprint density at radius 1 is 0.943 bits per heavy atom. The zero-order chi connectivity index (χ0) is 24.6. The monoisotopic (exact) mass is 466 g/mol. The number of fused-ring (bicyclic) bond motifs is 1. The Morgan fingerprint density at radius 2 is 1.71 bits per heavy atom. The van der Waals surface area contributed by atoms with Gasteiger partial charge in [0.05, 0.1) is 11.2 Å². The lowest BCUT2D eigenvalue weighted by Gasteiger charge is -2.16. The van der Waals surface area contributed by atoms with Gasteiger partial charge in [-0.1, -0.05) is 45.0 Å². The second-order valence-corrected chi connectivity index (χ2v) is 9.87. The number of rotatable bonds is 7. The van der Waals surface area contributed by atoms with Gasteiger partial charge in [-0.3, -0.25) is 5.43 Å². The summed E-state index contributed by atoms with van der Waals surface area (Å²) in [6, 6.07) is 22.1. The van der Waals surface area contributed by atoms with Crippen molar-refractivity contribution in [2.24, 2.45) is 10.5 Å². The summed E-state index contributed by atoms with van der Waals surface area (Å²) in [5.74, 6) is 1.39. The van der Waals surface area contributed by atoms with E-state index >= 15 is 0 Å². The Hall–Kier alpha value is -3.97. The third-order valence-corrected chi connectivity index (χ3v) is 6.10. The first-order chi connectivity index (χ1) is 16.8. The Balaban J connectivity index is 1.51. The molecule has 3 aromatic carbocycles. The minimum absolute atomic E-state index is 0.0191. The number of epoxide rings is 1. The number of hydrogen-bond acceptors (Lipinski definition) is 7. The van der Waals surface area contributed by atoms with Crippen LogP contribution in [-0.2, 0) is 4.74 Å². The molecule has 0 saturated carbocycles. The third kappa shape index (κ3) is 4.81. The average Bonchev–Trinajstić information content (AvgIpc) is 3.61. The number of nitrogens with one attached hydrogen (secondary N) is 3. The summed E-state index contributed by atoms with van der Waals surface area (Å²) in [7, 11) is 0. The minimum Gasteiger partial charge on any atom is -0.357 e. The van der Waals surface area contributed by atoms with Crippen molar-refractivity contribution in [2.45, 2.75) is 40.0 Å². The van der Waals surface area contributed by atoms with Crippen LogP contribution in [0.3, 0.4) is 0 Å². The van der Waals surface area contributed by atoms with Gasteiger partial charge in [0.15, 0.2) is 12.1 Å². The van der Waals surface area contributed by atoms with Gasteiger partial charge in [-0.05, 0) is 60.4 Å². The van der Waals surface area contributed by atoms with Crippen molar-refractivity contribution in [3.8, 4) is 11.4 Å². The van der Waals surface area contributed by atoms with Gasteiger partial charge >= 0.3 is 0 Å². The molecule has 2 heterocycles. The second kappa shape index (κ2) is 9.00. The van der Waals surface area contributed by atoms with E-state index in [0.29, 0.717) is 5.82 Å². The smallest absolute Gasteiger partial charge is 0.164 e. The van der Waals surface area contributed by atoms with E-state index < -0.39 is 0 Å². The topological polar surface area (TPSA) is 86.8 Å². The number of nitrogens with zero attached hydrogens (tertiary/aromatic N) is 3. The lowest BCUT2D eigenvalue weighted by atomic mass is 9.92. The van der Waals surface area contributed by atoms with Crippen LogP contribution in [0.15, 0.2) is 71.8 Å². The lowest BCUT2D eigenvalue weighted by Crippen LogP contribution is -2.20. The molecule has 1 saturated heterocycles. The van der Waals surface area contributed by atoms with Crippen LogP contribution in [0.4, 0.5) is 22.9 Å². The van der Waals surface area contributed by atoms with Gasteiger partial charge in [-0.25, -0.2) is 9.97 Å². The zero-order valence-electron chi connectivity index (χ0n) is 20.5. The van der Waals surface area contributed by atoms with Gasteiger partial charge in [0.2, 0.25) is 0 Å². The molecule has 178 valence electrons. The van der Waals surface area contributed by atoms with E-state index in [1.54, 1.807) is 0 Å². The quantitative estimate of drug-likeness (QED) is 0.162. The molecule has 1 aliphatic heterocycles. The van der Waals surface area contributed by atoms with E-state index in [2.05, 4.69) is 54.7 Å². The van der Waals surface area contributed by atoms with Crippen LogP contribution in [-0.4, -0.2) is 29.0 Å². The lowest BCUT2D eigenvalue weighted by molar-refractivity contribution is 0.262. The molecule has 1 aliphatic rings. The van der Waals surface area contributed by atoms with Crippen molar-refractivity contribution in [1.82, 2.24) is 9.97 Å². The highest BCUT2D eigenvalue weighted by Gasteiger charge is 2.47. The van der Waals surface area contributed by atoms with Crippen molar-refractivity contribution in [3.05, 3.63) is 72.3 Å². The Kier molecular flexibility index (Phi) is 5.86. The minimum atomic E-state index is -0.0191. The van der Waals surface area contributed by atoms with Gasteiger partial charge < -0.3 is 15.4 Å². The molecule has 1 fully saturated rings. The summed E-state index contributed by atoms with van der Waals surface area (Å²) in [5.41, 5.74) is 8.63. The summed E-state index contributed by atoms with van der Waals surface area (Å²) < 4.78 is 5.91. The number of hydrogen-bond donors (Lipinski definition) is 3. The van der Waals surface area contributed by atoms with Crippen molar-refractivity contribution in [3.63, 3.8) is 0 Å². The van der Waals surface area contributed by atoms with Gasteiger partial charge in [0, 0.05) is 29.0 Å². The SMILES string of the molecule is C=NNc1ccc(Nc2nc(-c3ccccc3NC3OC3C(C)(C)C)nc3ccccc23)cc1C. The van der Waals surface area contributed by atoms with Crippen LogP contribution in [0.2, 0.25) is 0 Å². The molecular formula is C28H30N6O. The molecule has 7 heteroatoms. The number of hydrazone groups is 1. The average molecular weight is 467 g/mol. The van der Waals surface area contributed by atoms with Gasteiger partial charge in [-0.2, -0.15) is 5.10 Å². The maximum atomic E-state index is 5.91. The summed E-state index contributed by atoms with van der Waals surface area (Å²) in [6.07, 6.45) is 0.150. The highest BCUT2D eigenvalue weighted by atomic mass is 16.6. The maximum Gasteiger partial charge on any atom is 0.164 e. The molecule has 2 unspecified atom stereocenters. The first-order valence-electron chi connectivity index (χ1n) is 11.7. The van der Waals surface area contributed by atoms with Crippen LogP contribution >= 0.6 is 0 Å². The summed E-state index contributed by atoms with van der Waals surface area (Å²) in [6.45, 7) is 12.1. The Labute approximate surface area is 205 Å². The molecule has 0 aliphatic carbocycles. The largest absolute Gasteiger partial charge is 0.357 e. The molecular weight excluding hydrogens is 436 g/mol. The molecule has 35 heavy (non-hydrogen) atoms. The van der Waals surface area contributed by atoms with Crippen LogP contribution in [0.25, 0.3) is 22.3 Å². The molecule has 1 aromatic heterocycles. The molecule has 4 aromatic rings. The predicted octanol–water partition coefficient (Wildman–Crippen LogP) is 6.56. The molecule has 7 nitrogen and oxygen atoms in total. The van der Waals surface area contributed by atoms with Crippen molar-refractivity contribution in [1.29, 1.82) is 0 Å². The van der Waals surface area contributed by atoms with Crippen molar-refractivity contribution < 1.29 is 4.74 Å². The number of aromatic nitrogens is 2. The number of ether oxygens (including phenoxy) is 1. The molecule has 0 radical (unpaired) electrons. The number of anilines is 4. The van der Waals surface area contributed by atoms with E-state index in [1.807, 2.05) is 67.6 Å². The molecule has 0 bridgehead atoms. The zero-order valence-corrected chi connectivity index (χ0v) is 20.5. The first kappa shape index (κ1) is 22.8. The van der Waals surface area contributed by atoms with Gasteiger partial charge in [0.1, 0.15) is 11.9 Å². The fourth-order valence-electron chi connectivity index (χ4n) is 4.22. The summed E-state index contributed by atoms with van der Waals surface area (Å²) in [4.78, 5) is 9.86. The second-order valence-electron chi connectivity index (χ2n) is 9.87. The Morgan fingerprint density at radius 3 is 2.46 bits per heavy atom. The first-order valence-corrected chi connectivity index (χ1v) is 11.7. The van der Waals surface area contributed by atoms with Gasteiger partial charge in [-0.15, -0.1) is 0 Å². The summed E-state index contributed by atoms with van der Waals surface area (Å²) in [5, 5.41) is 11.7.